The van der Waals surface area contributed by atoms with Gasteiger partial charge in [-0.2, -0.15) is 0 Å². The summed E-state index contributed by atoms with van der Waals surface area (Å²) in [6.45, 7) is -1.83. The first-order chi connectivity index (χ1) is 35.3. The molecular weight excluding hydrogens is 845 g/mol. The van der Waals surface area contributed by atoms with E-state index in [0.717, 1.165) is 100 Å². The summed E-state index contributed by atoms with van der Waals surface area (Å²) in [7, 11) is 2.10. The summed E-state index contributed by atoms with van der Waals surface area (Å²) in [5, 5.41) is 6.45. The maximum Gasteiger partial charge on any atom is 0.137 e. The molecule has 5 heterocycles. The zero-order valence-corrected chi connectivity index (χ0v) is 37.6. The SMILES string of the molecule is [2H]C([2H])([2H])c1cc(-n2c3ccccc3c3ccc(Oc4cccc(N5CN(C)c6ccccc65)c4)cc32)ncc1-c1c(-n2c3ccccc3c3ccccc32)cccc1-n1c2ccccc2c2ccccc21. The van der Waals surface area contributed by atoms with Crippen molar-refractivity contribution < 1.29 is 8.85 Å². The summed E-state index contributed by atoms with van der Waals surface area (Å²) < 4.78 is 41.4. The van der Waals surface area contributed by atoms with Crippen LogP contribution in [0.2, 0.25) is 0 Å². The van der Waals surface area contributed by atoms with Gasteiger partial charge in [0.05, 0.1) is 62.5 Å². The van der Waals surface area contributed by atoms with E-state index in [0.29, 0.717) is 22.9 Å². The molecule has 14 rings (SSSR count). The molecule has 0 unspecified atom stereocenters. The van der Waals surface area contributed by atoms with Crippen molar-refractivity contribution in [3.63, 3.8) is 0 Å². The van der Waals surface area contributed by atoms with Crippen LogP contribution in [0.25, 0.3) is 93.7 Å². The van der Waals surface area contributed by atoms with Crippen LogP contribution in [-0.4, -0.2) is 32.4 Å². The highest BCUT2D eigenvalue weighted by molar-refractivity contribution is 6.13. The molecule has 0 radical (unpaired) electrons. The minimum absolute atomic E-state index is 0.187. The number of anilines is 3. The number of hydrogen-bond donors (Lipinski definition) is 0. The van der Waals surface area contributed by atoms with E-state index < -0.39 is 6.85 Å². The molecule has 0 N–H and O–H groups in total. The highest BCUT2D eigenvalue weighted by Gasteiger charge is 2.26. The molecule has 4 aromatic heterocycles. The molecule has 9 aromatic carbocycles. The van der Waals surface area contributed by atoms with Crippen LogP contribution < -0.4 is 14.5 Å². The lowest BCUT2D eigenvalue weighted by molar-refractivity contribution is 0.483. The molecule has 1 aliphatic heterocycles. The summed E-state index contributed by atoms with van der Waals surface area (Å²) in [6.07, 6.45) is 1.78. The topological polar surface area (TPSA) is 43.4 Å². The van der Waals surface area contributed by atoms with Crippen LogP contribution in [0.4, 0.5) is 17.1 Å². The maximum absolute atomic E-state index is 9.37. The molecule has 0 amide bonds. The molecular formula is C62H44N6O. The molecule has 1 aliphatic rings. The van der Waals surface area contributed by atoms with Crippen LogP contribution in [0.15, 0.2) is 219 Å². The van der Waals surface area contributed by atoms with Gasteiger partial charge in [-0.1, -0.05) is 115 Å². The van der Waals surface area contributed by atoms with E-state index >= 15 is 0 Å². The predicted octanol–water partition coefficient (Wildman–Crippen LogP) is 15.7. The average Bonchev–Trinajstić information content (AvgIpc) is 4.14. The highest BCUT2D eigenvalue weighted by atomic mass is 16.5. The smallest absolute Gasteiger partial charge is 0.137 e. The average molecular weight is 892 g/mol. The van der Waals surface area contributed by atoms with E-state index in [1.165, 1.54) is 5.69 Å². The minimum atomic E-state index is -2.55. The van der Waals surface area contributed by atoms with Crippen molar-refractivity contribution in [2.75, 3.05) is 23.5 Å². The Bertz CT molecular complexity index is 4100. The van der Waals surface area contributed by atoms with E-state index in [1.807, 2.05) is 36.4 Å². The number of pyridine rings is 1. The Hall–Kier alpha value is -9.07. The Morgan fingerprint density at radius 1 is 0.435 bits per heavy atom. The summed E-state index contributed by atoms with van der Waals surface area (Å²) in [5.41, 5.74) is 12.3. The van der Waals surface area contributed by atoms with E-state index in [1.54, 1.807) is 12.3 Å². The van der Waals surface area contributed by atoms with Gasteiger partial charge in [-0.3, -0.25) is 4.57 Å². The molecule has 0 saturated carbocycles. The van der Waals surface area contributed by atoms with Gasteiger partial charge < -0.3 is 23.7 Å². The van der Waals surface area contributed by atoms with E-state index in [2.05, 4.69) is 200 Å². The van der Waals surface area contributed by atoms with Crippen LogP contribution >= 0.6 is 0 Å². The number of hydrogen-bond acceptors (Lipinski definition) is 4. The van der Waals surface area contributed by atoms with Crippen molar-refractivity contribution in [3.8, 4) is 39.8 Å². The first-order valence-electron chi connectivity index (χ1n) is 24.8. The predicted molar refractivity (Wildman–Crippen MR) is 286 cm³/mol. The van der Waals surface area contributed by atoms with Crippen molar-refractivity contribution in [2.24, 2.45) is 0 Å². The fourth-order valence-corrected chi connectivity index (χ4v) is 11.0. The van der Waals surface area contributed by atoms with Gasteiger partial charge in [-0.15, -0.1) is 0 Å². The number of para-hydroxylation sites is 7. The molecule has 328 valence electrons. The zero-order chi connectivity index (χ0) is 48.2. The second-order valence-electron chi connectivity index (χ2n) is 17.9. The third kappa shape index (κ3) is 5.97. The van der Waals surface area contributed by atoms with Crippen molar-refractivity contribution in [1.29, 1.82) is 0 Å². The molecule has 0 saturated heterocycles. The minimum Gasteiger partial charge on any atom is -0.457 e. The molecule has 0 atom stereocenters. The van der Waals surface area contributed by atoms with Gasteiger partial charge in [0.2, 0.25) is 0 Å². The van der Waals surface area contributed by atoms with Gasteiger partial charge in [0.1, 0.15) is 17.3 Å². The molecule has 7 heteroatoms. The van der Waals surface area contributed by atoms with Crippen molar-refractivity contribution in [3.05, 3.63) is 224 Å². The van der Waals surface area contributed by atoms with E-state index in [4.69, 9.17) is 9.72 Å². The van der Waals surface area contributed by atoms with E-state index in [-0.39, 0.29) is 5.56 Å². The second-order valence-corrected chi connectivity index (χ2v) is 17.9. The Labute approximate surface area is 402 Å². The zero-order valence-electron chi connectivity index (χ0n) is 40.6. The summed E-state index contributed by atoms with van der Waals surface area (Å²) in [6, 6.07) is 72.7. The number of rotatable bonds is 7. The number of aromatic nitrogens is 4. The lowest BCUT2D eigenvalue weighted by Gasteiger charge is -2.21. The van der Waals surface area contributed by atoms with Crippen LogP contribution in [0.5, 0.6) is 11.5 Å². The Morgan fingerprint density at radius 3 is 1.49 bits per heavy atom. The van der Waals surface area contributed by atoms with Gasteiger partial charge in [-0.25, -0.2) is 4.98 Å². The van der Waals surface area contributed by atoms with Crippen molar-refractivity contribution >= 4 is 82.5 Å². The largest absolute Gasteiger partial charge is 0.457 e. The van der Waals surface area contributed by atoms with Crippen LogP contribution in [0.1, 0.15) is 9.68 Å². The van der Waals surface area contributed by atoms with Crippen molar-refractivity contribution in [2.45, 2.75) is 6.85 Å². The highest BCUT2D eigenvalue weighted by Crippen LogP contribution is 2.45. The molecule has 0 spiro atoms. The van der Waals surface area contributed by atoms with Gasteiger partial charge in [0, 0.05) is 78.6 Å². The molecule has 7 nitrogen and oxygen atoms in total. The fourth-order valence-electron chi connectivity index (χ4n) is 11.0. The third-order valence-corrected chi connectivity index (χ3v) is 14.0. The lowest BCUT2D eigenvalue weighted by atomic mass is 9.98. The molecule has 0 aliphatic carbocycles. The summed E-state index contributed by atoms with van der Waals surface area (Å²) in [5.74, 6) is 1.83. The number of benzene rings is 9. The molecule has 0 bridgehead atoms. The lowest BCUT2D eigenvalue weighted by Crippen LogP contribution is -2.23. The first-order valence-corrected chi connectivity index (χ1v) is 23.3. The molecule has 69 heavy (non-hydrogen) atoms. The standard InChI is InChI=1S/C62H44N6O/c1-40-35-61(68-55-28-12-7-23-48(55)49-34-33-43(37-60(49)68)69-42-18-15-17-41(36-42)65-39-64(2)56-29-13-14-30-57(56)65)63-38-50(40)62-58(66-51-24-8-3-19-44(51)45-20-4-9-25-52(45)66)31-16-32-59(62)67-53-26-10-5-21-46(53)47-22-6-11-27-54(47)67/h3-38H,39H2,1-2H3/i1D3. The van der Waals surface area contributed by atoms with Crippen LogP contribution in [0.3, 0.4) is 0 Å². The van der Waals surface area contributed by atoms with Gasteiger partial charge in [0.25, 0.3) is 0 Å². The fraction of sp³-hybridized carbons (Fsp3) is 0.0484. The third-order valence-electron chi connectivity index (χ3n) is 14.0. The Kier molecular flexibility index (Phi) is 7.97. The van der Waals surface area contributed by atoms with Gasteiger partial charge in [0.15, 0.2) is 0 Å². The first kappa shape index (κ1) is 36.1. The summed E-state index contributed by atoms with van der Waals surface area (Å²) >= 11 is 0. The number of fused-ring (bicyclic) bond motifs is 10. The molecule has 13 aromatic rings. The number of nitrogens with zero attached hydrogens (tertiary/aromatic N) is 6. The quantitative estimate of drug-likeness (QED) is 0.160. The van der Waals surface area contributed by atoms with Gasteiger partial charge >= 0.3 is 0 Å². The summed E-state index contributed by atoms with van der Waals surface area (Å²) in [4.78, 5) is 9.83. The van der Waals surface area contributed by atoms with Crippen LogP contribution in [-0.2, 0) is 0 Å². The Morgan fingerprint density at radius 2 is 0.913 bits per heavy atom. The number of ether oxygens (including phenoxy) is 1. The number of aryl methyl sites for hydroxylation is 1. The van der Waals surface area contributed by atoms with E-state index in [9.17, 15) is 4.11 Å². The maximum atomic E-state index is 9.37. The monoisotopic (exact) mass is 891 g/mol. The van der Waals surface area contributed by atoms with Crippen molar-refractivity contribution in [1.82, 2.24) is 18.7 Å². The second kappa shape index (κ2) is 15.2. The Balaban J connectivity index is 0.978. The molecule has 0 fully saturated rings. The van der Waals surface area contributed by atoms with Crippen LogP contribution in [0, 0.1) is 6.85 Å². The van der Waals surface area contributed by atoms with Gasteiger partial charge in [-0.05, 0) is 97.3 Å². The normalized spacial score (nSPS) is 13.5.